The highest BCUT2D eigenvalue weighted by molar-refractivity contribution is 5.59. The van der Waals surface area contributed by atoms with Crippen LogP contribution in [-0.2, 0) is 25.5 Å². The Morgan fingerprint density at radius 2 is 1.19 bits per heavy atom. The minimum Gasteiger partial charge on any atom is -1.00 e. The maximum Gasteiger partial charge on any atom is 0.508 e. The first-order valence-electron chi connectivity index (χ1n) is 14.6. The number of pyridine rings is 1. The van der Waals surface area contributed by atoms with Gasteiger partial charge < -0.3 is 35.9 Å². The Morgan fingerprint density at radius 3 is 1.70 bits per heavy atom. The van der Waals surface area contributed by atoms with E-state index in [9.17, 15) is 4.79 Å². The molecule has 216 valence electrons. The third kappa shape index (κ3) is 23.7. The molecule has 1 heterocycles. The third-order valence-electron chi connectivity index (χ3n) is 6.44. The predicted molar refractivity (Wildman–Crippen MR) is 145 cm³/mol. The number of halogens is 1. The molecule has 1 rings (SSSR count). The number of methoxy groups -OCH3 is 1. The molecule has 0 unspecified atom stereocenters. The van der Waals surface area contributed by atoms with Crippen molar-refractivity contribution in [1.29, 1.82) is 0 Å². The molecular formula is C30H54BrNO5. The average Bonchev–Trinajstić information content (AvgIpc) is 2.89. The highest BCUT2D eigenvalue weighted by Crippen LogP contribution is 2.14. The van der Waals surface area contributed by atoms with Crippen molar-refractivity contribution in [3.8, 4) is 0 Å². The fourth-order valence-corrected chi connectivity index (χ4v) is 4.25. The number of carbonyl (C=O) groups is 1. The molecule has 1 atom stereocenters. The van der Waals surface area contributed by atoms with Crippen molar-refractivity contribution < 1.29 is 45.3 Å². The lowest BCUT2D eigenvalue weighted by Crippen LogP contribution is -3.00. The number of ether oxygens (including phenoxy) is 4. The van der Waals surface area contributed by atoms with E-state index in [1.54, 1.807) is 7.11 Å². The van der Waals surface area contributed by atoms with Crippen molar-refractivity contribution >= 4 is 6.16 Å². The SMILES string of the molecule is CCCCCCCCCCCCCCCCCCO[C@H](COC)COC(=O)OCC[n+]1ccccc1.[Br-]. The maximum absolute atomic E-state index is 11.8. The van der Waals surface area contributed by atoms with Crippen molar-refractivity contribution in [3.63, 3.8) is 0 Å². The summed E-state index contributed by atoms with van der Waals surface area (Å²) in [7, 11) is 1.63. The van der Waals surface area contributed by atoms with Crippen LogP contribution in [0.15, 0.2) is 30.6 Å². The van der Waals surface area contributed by atoms with Gasteiger partial charge in [-0.3, -0.25) is 0 Å². The third-order valence-corrected chi connectivity index (χ3v) is 6.44. The molecule has 0 aliphatic heterocycles. The first kappa shape index (κ1) is 35.8. The normalized spacial score (nSPS) is 11.6. The molecule has 0 aromatic carbocycles. The molecule has 1 aromatic rings. The summed E-state index contributed by atoms with van der Waals surface area (Å²) in [4.78, 5) is 11.8. The van der Waals surface area contributed by atoms with Crippen LogP contribution in [0.1, 0.15) is 110 Å². The fourth-order valence-electron chi connectivity index (χ4n) is 4.25. The lowest BCUT2D eigenvalue weighted by atomic mass is 10.0. The summed E-state index contributed by atoms with van der Waals surface area (Å²) in [5, 5.41) is 0. The monoisotopic (exact) mass is 587 g/mol. The van der Waals surface area contributed by atoms with Crippen LogP contribution >= 0.6 is 0 Å². The number of unbranched alkanes of at least 4 members (excludes halogenated alkanes) is 15. The summed E-state index contributed by atoms with van der Waals surface area (Å²) < 4.78 is 23.3. The van der Waals surface area contributed by atoms with E-state index in [-0.39, 0.29) is 36.3 Å². The molecular weight excluding hydrogens is 534 g/mol. The zero-order valence-corrected chi connectivity index (χ0v) is 25.3. The Balaban J connectivity index is 0.0000130. The molecule has 0 N–H and O–H groups in total. The van der Waals surface area contributed by atoms with E-state index >= 15 is 0 Å². The summed E-state index contributed by atoms with van der Waals surface area (Å²) in [6.45, 7) is 4.34. The first-order valence-corrected chi connectivity index (χ1v) is 14.6. The summed E-state index contributed by atoms with van der Waals surface area (Å²) in [5.74, 6) is 0. The first-order chi connectivity index (χ1) is 17.8. The Hall–Kier alpha value is -1.18. The lowest BCUT2D eigenvalue weighted by Gasteiger charge is -2.17. The molecule has 0 spiro atoms. The van der Waals surface area contributed by atoms with Crippen LogP contribution in [0.25, 0.3) is 0 Å². The highest BCUT2D eigenvalue weighted by atomic mass is 79.9. The second-order valence-electron chi connectivity index (χ2n) is 9.77. The number of carbonyl (C=O) groups excluding carboxylic acids is 1. The van der Waals surface area contributed by atoms with Gasteiger partial charge in [0.05, 0.1) is 6.61 Å². The van der Waals surface area contributed by atoms with Gasteiger partial charge in [-0.05, 0) is 6.42 Å². The van der Waals surface area contributed by atoms with Gasteiger partial charge in [0, 0.05) is 25.8 Å². The van der Waals surface area contributed by atoms with Crippen LogP contribution in [0.5, 0.6) is 0 Å². The molecule has 0 aliphatic carbocycles. The number of aromatic nitrogens is 1. The van der Waals surface area contributed by atoms with Gasteiger partial charge in [-0.25, -0.2) is 9.36 Å². The molecule has 7 heteroatoms. The molecule has 6 nitrogen and oxygen atoms in total. The Bertz CT molecular complexity index is 605. The van der Waals surface area contributed by atoms with Gasteiger partial charge in [0.2, 0.25) is 0 Å². The van der Waals surface area contributed by atoms with Gasteiger partial charge in [-0.15, -0.1) is 0 Å². The van der Waals surface area contributed by atoms with E-state index in [0.717, 1.165) is 6.42 Å². The minimum atomic E-state index is -0.668. The molecule has 0 amide bonds. The van der Waals surface area contributed by atoms with Crippen molar-refractivity contribution in [2.24, 2.45) is 0 Å². The van der Waals surface area contributed by atoms with Crippen LogP contribution in [0.3, 0.4) is 0 Å². The van der Waals surface area contributed by atoms with Crippen molar-refractivity contribution in [3.05, 3.63) is 30.6 Å². The average molecular weight is 589 g/mol. The summed E-state index contributed by atoms with van der Waals surface area (Å²) >= 11 is 0. The quantitative estimate of drug-likeness (QED) is 0.0962. The van der Waals surface area contributed by atoms with Crippen molar-refractivity contribution in [2.45, 2.75) is 122 Å². The largest absolute Gasteiger partial charge is 1.00 e. The summed E-state index contributed by atoms with van der Waals surface area (Å²) in [5.41, 5.74) is 0. The second kappa shape index (κ2) is 27.8. The Morgan fingerprint density at radius 1 is 0.676 bits per heavy atom. The Labute approximate surface area is 237 Å². The maximum atomic E-state index is 11.8. The smallest absolute Gasteiger partial charge is 0.508 e. The number of nitrogens with zero attached hydrogens (tertiary/aromatic N) is 1. The highest BCUT2D eigenvalue weighted by Gasteiger charge is 2.14. The van der Waals surface area contributed by atoms with Crippen molar-refractivity contribution in [2.75, 3.05) is 33.5 Å². The van der Waals surface area contributed by atoms with E-state index in [1.807, 2.05) is 35.2 Å². The van der Waals surface area contributed by atoms with Crippen LogP contribution < -0.4 is 21.5 Å². The summed E-state index contributed by atoms with van der Waals surface area (Å²) in [6, 6.07) is 5.82. The molecule has 1 aromatic heterocycles. The molecule has 0 aliphatic rings. The minimum absolute atomic E-state index is 0. The van der Waals surface area contributed by atoms with Crippen LogP contribution in [0.2, 0.25) is 0 Å². The summed E-state index contributed by atoms with van der Waals surface area (Å²) in [6.07, 6.45) is 24.6. The van der Waals surface area contributed by atoms with E-state index in [4.69, 9.17) is 18.9 Å². The van der Waals surface area contributed by atoms with Gasteiger partial charge in [0.1, 0.15) is 12.7 Å². The van der Waals surface area contributed by atoms with Gasteiger partial charge in [0.15, 0.2) is 25.5 Å². The predicted octanol–water partition coefficient (Wildman–Crippen LogP) is 4.42. The fraction of sp³-hybridized carbons (Fsp3) is 0.800. The number of hydrogen-bond donors (Lipinski definition) is 0. The van der Waals surface area contributed by atoms with Crippen molar-refractivity contribution in [1.82, 2.24) is 0 Å². The molecule has 0 radical (unpaired) electrons. The standard InChI is InChI=1S/C30H54NO5.BrH/c1-3-4-5-6-7-8-9-10-11-12-13-14-15-16-17-21-25-34-29(27-33-2)28-36-30(32)35-26-24-31-22-19-18-20-23-31;/h18-20,22-23,29H,3-17,21,24-28H2,1-2H3;1H/q+1;/p-1/t29-;/m1./s1. The van der Waals surface area contributed by atoms with Gasteiger partial charge >= 0.3 is 6.16 Å². The van der Waals surface area contributed by atoms with Gasteiger partial charge in [-0.1, -0.05) is 109 Å². The van der Waals surface area contributed by atoms with E-state index < -0.39 is 6.16 Å². The van der Waals surface area contributed by atoms with E-state index in [1.165, 1.54) is 96.3 Å². The van der Waals surface area contributed by atoms with Gasteiger partial charge in [-0.2, -0.15) is 0 Å². The van der Waals surface area contributed by atoms with Crippen LogP contribution in [0, 0.1) is 0 Å². The molecule has 0 saturated heterocycles. The lowest BCUT2D eigenvalue weighted by molar-refractivity contribution is -0.698. The number of hydrogen-bond acceptors (Lipinski definition) is 5. The zero-order valence-electron chi connectivity index (χ0n) is 23.7. The zero-order chi connectivity index (χ0) is 25.9. The Kier molecular flexibility index (Phi) is 27.0. The topological polar surface area (TPSA) is 57.9 Å². The molecule has 0 bridgehead atoms. The van der Waals surface area contributed by atoms with Gasteiger partial charge in [0.25, 0.3) is 0 Å². The molecule has 0 fully saturated rings. The van der Waals surface area contributed by atoms with E-state index in [0.29, 0.717) is 19.8 Å². The molecule has 37 heavy (non-hydrogen) atoms. The van der Waals surface area contributed by atoms with E-state index in [2.05, 4.69) is 6.92 Å². The molecule has 0 saturated carbocycles. The number of rotatable bonds is 25. The van der Waals surface area contributed by atoms with Crippen LogP contribution in [-0.4, -0.2) is 45.8 Å². The second-order valence-corrected chi connectivity index (χ2v) is 9.77. The van der Waals surface area contributed by atoms with Crippen LogP contribution in [0.4, 0.5) is 4.79 Å².